The van der Waals surface area contributed by atoms with Crippen LogP contribution in [0.2, 0.25) is 0 Å². The van der Waals surface area contributed by atoms with Crippen LogP contribution in [0.1, 0.15) is 36.0 Å². The second kappa shape index (κ2) is 8.26. The number of fused-ring (bicyclic) bond motifs is 1. The Labute approximate surface area is 167 Å². The molecule has 0 spiro atoms. The molecule has 0 saturated heterocycles. The number of benzene rings is 1. The first kappa shape index (κ1) is 18.9. The SMILES string of the molecule is O=C(O)NC1CCC(NC(=O)c2cccnc2Oc2ccc3c(c2)OCO3)CC1. The van der Waals surface area contributed by atoms with Gasteiger partial charge in [0.05, 0.1) is 0 Å². The van der Waals surface area contributed by atoms with Crippen LogP contribution in [0, 0.1) is 0 Å². The zero-order chi connectivity index (χ0) is 20.2. The summed E-state index contributed by atoms with van der Waals surface area (Å²) in [6, 6.07) is 8.40. The van der Waals surface area contributed by atoms with Crippen molar-refractivity contribution in [3.8, 4) is 23.1 Å². The van der Waals surface area contributed by atoms with E-state index in [2.05, 4.69) is 15.6 Å². The van der Waals surface area contributed by atoms with E-state index in [1.807, 2.05) is 0 Å². The summed E-state index contributed by atoms with van der Waals surface area (Å²) in [4.78, 5) is 27.7. The summed E-state index contributed by atoms with van der Waals surface area (Å²) in [7, 11) is 0. The van der Waals surface area contributed by atoms with Crippen molar-refractivity contribution in [1.82, 2.24) is 15.6 Å². The smallest absolute Gasteiger partial charge is 0.404 e. The molecule has 2 aromatic rings. The number of rotatable bonds is 5. The van der Waals surface area contributed by atoms with Crippen molar-refractivity contribution in [2.75, 3.05) is 6.79 Å². The molecule has 2 aliphatic rings. The monoisotopic (exact) mass is 399 g/mol. The van der Waals surface area contributed by atoms with Gasteiger partial charge in [0.2, 0.25) is 12.7 Å². The molecule has 1 aliphatic carbocycles. The fourth-order valence-corrected chi connectivity index (χ4v) is 3.52. The number of carbonyl (C=O) groups is 2. The van der Waals surface area contributed by atoms with Gasteiger partial charge in [-0.05, 0) is 49.9 Å². The maximum absolute atomic E-state index is 12.8. The molecule has 0 unspecified atom stereocenters. The largest absolute Gasteiger partial charge is 0.465 e. The van der Waals surface area contributed by atoms with Crippen molar-refractivity contribution in [3.05, 3.63) is 42.1 Å². The van der Waals surface area contributed by atoms with Crippen LogP contribution in [0.5, 0.6) is 23.1 Å². The molecule has 2 amide bonds. The predicted molar refractivity (Wildman–Crippen MR) is 102 cm³/mol. The Morgan fingerprint density at radius 1 is 1.03 bits per heavy atom. The number of carboxylic acid groups (broad SMARTS) is 1. The quantitative estimate of drug-likeness (QED) is 0.707. The molecule has 1 aromatic heterocycles. The van der Waals surface area contributed by atoms with Crippen molar-refractivity contribution < 1.29 is 28.9 Å². The van der Waals surface area contributed by atoms with E-state index in [9.17, 15) is 9.59 Å². The minimum atomic E-state index is -1.02. The number of carbonyl (C=O) groups excluding carboxylic acids is 1. The summed E-state index contributed by atoms with van der Waals surface area (Å²) in [5, 5.41) is 14.3. The number of amides is 2. The van der Waals surface area contributed by atoms with Crippen LogP contribution >= 0.6 is 0 Å². The molecule has 0 radical (unpaired) electrons. The van der Waals surface area contributed by atoms with E-state index >= 15 is 0 Å². The molecule has 1 aromatic carbocycles. The van der Waals surface area contributed by atoms with Crippen LogP contribution in [-0.4, -0.2) is 41.0 Å². The second-order valence-corrected chi connectivity index (χ2v) is 6.94. The predicted octanol–water partition coefficient (Wildman–Crippen LogP) is 2.91. The van der Waals surface area contributed by atoms with E-state index in [1.165, 1.54) is 0 Å². The van der Waals surface area contributed by atoms with Crippen LogP contribution in [0.15, 0.2) is 36.5 Å². The molecule has 1 saturated carbocycles. The number of pyridine rings is 1. The number of nitrogens with zero attached hydrogens (tertiary/aromatic N) is 1. The number of hydrogen-bond acceptors (Lipinski definition) is 6. The van der Waals surface area contributed by atoms with Crippen molar-refractivity contribution in [2.45, 2.75) is 37.8 Å². The first-order chi connectivity index (χ1) is 14.1. The lowest BCUT2D eigenvalue weighted by atomic mass is 9.91. The van der Waals surface area contributed by atoms with Gasteiger partial charge in [0.15, 0.2) is 11.5 Å². The van der Waals surface area contributed by atoms with Crippen molar-refractivity contribution in [2.24, 2.45) is 0 Å². The Balaban J connectivity index is 1.40. The highest BCUT2D eigenvalue weighted by Gasteiger charge is 2.25. The lowest BCUT2D eigenvalue weighted by Gasteiger charge is -2.29. The van der Waals surface area contributed by atoms with Crippen LogP contribution in [0.4, 0.5) is 4.79 Å². The first-order valence-corrected chi connectivity index (χ1v) is 9.41. The minimum Gasteiger partial charge on any atom is -0.465 e. The number of aromatic nitrogens is 1. The van der Waals surface area contributed by atoms with E-state index in [0.717, 1.165) is 0 Å². The van der Waals surface area contributed by atoms with Gasteiger partial charge in [-0.1, -0.05) is 0 Å². The Bertz CT molecular complexity index is 911. The Kier molecular flexibility index (Phi) is 5.37. The van der Waals surface area contributed by atoms with Gasteiger partial charge in [0, 0.05) is 24.3 Å². The normalized spacial score (nSPS) is 20.0. The van der Waals surface area contributed by atoms with Crippen molar-refractivity contribution in [3.63, 3.8) is 0 Å². The summed E-state index contributed by atoms with van der Waals surface area (Å²) in [6.45, 7) is 0.167. The van der Waals surface area contributed by atoms with Crippen LogP contribution in [-0.2, 0) is 0 Å². The van der Waals surface area contributed by atoms with E-state index in [0.29, 0.717) is 48.5 Å². The molecule has 3 N–H and O–H groups in total. The van der Waals surface area contributed by atoms with Crippen molar-refractivity contribution >= 4 is 12.0 Å². The van der Waals surface area contributed by atoms with Gasteiger partial charge in [0.25, 0.3) is 5.91 Å². The third kappa shape index (κ3) is 4.50. The van der Waals surface area contributed by atoms with E-state index < -0.39 is 6.09 Å². The Morgan fingerprint density at radius 2 is 1.76 bits per heavy atom. The fourth-order valence-electron chi connectivity index (χ4n) is 3.52. The van der Waals surface area contributed by atoms with E-state index in [-0.39, 0.29) is 30.7 Å². The first-order valence-electron chi connectivity index (χ1n) is 9.41. The Morgan fingerprint density at radius 3 is 2.52 bits per heavy atom. The molecule has 152 valence electrons. The molecule has 2 heterocycles. The van der Waals surface area contributed by atoms with E-state index in [4.69, 9.17) is 19.3 Å². The van der Waals surface area contributed by atoms with Crippen LogP contribution in [0.25, 0.3) is 0 Å². The molecule has 4 rings (SSSR count). The van der Waals surface area contributed by atoms with Gasteiger partial charge >= 0.3 is 6.09 Å². The van der Waals surface area contributed by atoms with E-state index in [1.54, 1.807) is 36.5 Å². The number of hydrogen-bond donors (Lipinski definition) is 3. The molecule has 0 atom stereocenters. The summed E-state index contributed by atoms with van der Waals surface area (Å²) in [5.74, 6) is 1.64. The zero-order valence-electron chi connectivity index (χ0n) is 15.6. The molecule has 1 fully saturated rings. The average Bonchev–Trinajstić information content (AvgIpc) is 3.17. The second-order valence-electron chi connectivity index (χ2n) is 6.94. The van der Waals surface area contributed by atoms with Crippen molar-refractivity contribution in [1.29, 1.82) is 0 Å². The number of ether oxygens (including phenoxy) is 3. The van der Waals surface area contributed by atoms with Gasteiger partial charge in [0.1, 0.15) is 11.3 Å². The van der Waals surface area contributed by atoms with Gasteiger partial charge in [-0.15, -0.1) is 0 Å². The number of nitrogens with one attached hydrogen (secondary N) is 2. The molecular weight excluding hydrogens is 378 g/mol. The molecular formula is C20H21N3O6. The molecule has 9 nitrogen and oxygen atoms in total. The lowest BCUT2D eigenvalue weighted by molar-refractivity contribution is 0.0920. The van der Waals surface area contributed by atoms with Crippen LogP contribution < -0.4 is 24.8 Å². The van der Waals surface area contributed by atoms with Gasteiger partial charge < -0.3 is 30.0 Å². The summed E-state index contributed by atoms with van der Waals surface area (Å²) in [5.41, 5.74) is 0.330. The van der Waals surface area contributed by atoms with Gasteiger partial charge in [-0.2, -0.15) is 0 Å². The van der Waals surface area contributed by atoms with Gasteiger partial charge in [-0.3, -0.25) is 4.79 Å². The fraction of sp³-hybridized carbons (Fsp3) is 0.350. The Hall–Kier alpha value is -3.49. The summed E-state index contributed by atoms with van der Waals surface area (Å²) < 4.78 is 16.5. The zero-order valence-corrected chi connectivity index (χ0v) is 15.6. The highest BCUT2D eigenvalue weighted by Crippen LogP contribution is 2.36. The summed E-state index contributed by atoms with van der Waals surface area (Å²) >= 11 is 0. The average molecular weight is 399 g/mol. The topological polar surface area (TPSA) is 119 Å². The maximum Gasteiger partial charge on any atom is 0.404 e. The maximum atomic E-state index is 12.8. The summed E-state index contributed by atoms with van der Waals surface area (Å²) in [6.07, 6.45) is 3.32. The highest BCUT2D eigenvalue weighted by molar-refractivity contribution is 5.96. The molecule has 9 heteroatoms. The van der Waals surface area contributed by atoms with Gasteiger partial charge in [-0.25, -0.2) is 9.78 Å². The van der Waals surface area contributed by atoms with Crippen LogP contribution in [0.3, 0.4) is 0 Å². The lowest BCUT2D eigenvalue weighted by Crippen LogP contribution is -2.43. The third-order valence-corrected chi connectivity index (χ3v) is 4.96. The highest BCUT2D eigenvalue weighted by atomic mass is 16.7. The third-order valence-electron chi connectivity index (χ3n) is 4.96. The molecule has 29 heavy (non-hydrogen) atoms. The standard InChI is InChI=1S/C20H21N3O6/c24-18(22-12-3-5-13(6-4-12)23-20(25)26)15-2-1-9-21-19(15)29-14-7-8-16-17(10-14)28-11-27-16/h1-2,7-10,12-13,23H,3-6,11H2,(H,22,24)(H,25,26). The minimum absolute atomic E-state index is 0.0204. The molecule has 1 aliphatic heterocycles. The molecule has 0 bridgehead atoms.